The van der Waals surface area contributed by atoms with Gasteiger partial charge in [0.15, 0.2) is 5.82 Å². The first-order valence-electron chi connectivity index (χ1n) is 16.1. The van der Waals surface area contributed by atoms with Crippen LogP contribution in [0.4, 0.5) is 18.9 Å². The fraction of sp³-hybridized carbons (Fsp3) is 0.364. The topological polar surface area (TPSA) is 199 Å². The van der Waals surface area contributed by atoms with Crippen LogP contribution in [0, 0.1) is 5.92 Å². The molecule has 0 atom stereocenters. The minimum Gasteiger partial charge on any atom is -0.495 e. The molecule has 6 rings (SSSR count). The highest BCUT2D eigenvalue weighted by atomic mass is 35.5. The molecule has 276 valence electrons. The second-order valence-electron chi connectivity index (χ2n) is 11.8. The van der Waals surface area contributed by atoms with Crippen molar-refractivity contribution in [1.29, 1.82) is 0 Å². The maximum Gasteiger partial charge on any atom is 0.433 e. The van der Waals surface area contributed by atoms with Crippen LogP contribution >= 0.6 is 11.6 Å². The van der Waals surface area contributed by atoms with Crippen molar-refractivity contribution in [2.45, 2.75) is 25.4 Å². The average molecular weight is 746 g/mol. The molecule has 2 saturated heterocycles. The van der Waals surface area contributed by atoms with Crippen LogP contribution < -0.4 is 15.4 Å². The molecule has 5 N–H and O–H groups in total. The predicted octanol–water partition coefficient (Wildman–Crippen LogP) is 3.70. The lowest BCUT2D eigenvalue weighted by Crippen LogP contribution is -2.52. The quantitative estimate of drug-likeness (QED) is 0.166. The Morgan fingerprint density at radius 3 is 2.37 bits per heavy atom. The number of piperazine rings is 1. The molecule has 0 unspecified atom stereocenters. The number of pyridine rings is 1. The normalized spacial score (nSPS) is 15.0. The molecule has 0 spiro atoms. The number of hydrogen-bond acceptors (Lipinski definition) is 9. The number of nitrogens with zero attached hydrogens (tertiary/aromatic N) is 5. The van der Waals surface area contributed by atoms with Crippen LogP contribution in [0.2, 0.25) is 5.02 Å². The summed E-state index contributed by atoms with van der Waals surface area (Å²) in [5.41, 5.74) is -0.274. The molecule has 2 aliphatic rings. The number of aromatic nitrogens is 5. The number of imidazole rings is 1. The molecule has 3 aromatic heterocycles. The third-order valence-electron chi connectivity index (χ3n) is 8.60. The van der Waals surface area contributed by atoms with Crippen LogP contribution in [0.25, 0.3) is 11.4 Å². The first-order chi connectivity index (χ1) is 24.9. The molecule has 0 saturated carbocycles. The van der Waals surface area contributed by atoms with E-state index >= 15 is 0 Å². The molecule has 0 bridgehead atoms. The molecular weight excluding hydrogens is 711 g/mol. The number of anilines is 1. The lowest BCUT2D eigenvalue weighted by atomic mass is 9.96. The highest BCUT2D eigenvalue weighted by molar-refractivity contribution is 6.34. The Kier molecular flexibility index (Phi) is 12.1. The number of carboxylic acid groups (broad SMARTS) is 1. The maximum atomic E-state index is 13.8. The van der Waals surface area contributed by atoms with E-state index in [1.165, 1.54) is 43.8 Å². The van der Waals surface area contributed by atoms with E-state index in [4.69, 9.17) is 26.2 Å². The molecule has 0 aliphatic carbocycles. The zero-order chi connectivity index (χ0) is 37.4. The van der Waals surface area contributed by atoms with Gasteiger partial charge in [-0.15, -0.1) is 0 Å². The summed E-state index contributed by atoms with van der Waals surface area (Å²) < 4.78 is 46.6. The lowest BCUT2D eigenvalue weighted by Gasteiger charge is -2.37. The minimum absolute atomic E-state index is 0.00700. The second-order valence-corrected chi connectivity index (χ2v) is 12.2. The number of carbonyl (C=O) groups excluding carboxylic acids is 3. The molecule has 4 aromatic rings. The molecule has 2 aliphatic heterocycles. The van der Waals surface area contributed by atoms with Gasteiger partial charge in [0.25, 0.3) is 18.3 Å². The zero-order valence-electron chi connectivity index (χ0n) is 27.8. The average Bonchev–Trinajstić information content (AvgIpc) is 3.80. The number of methoxy groups -OCH3 is 1. The number of aromatic amines is 2. The Labute approximate surface area is 299 Å². The number of H-pyrrole nitrogens is 2. The van der Waals surface area contributed by atoms with Crippen LogP contribution in [-0.4, -0.2) is 111 Å². The maximum absolute atomic E-state index is 13.8. The number of nitrogens with one attached hydrogen (secondary N) is 4. The van der Waals surface area contributed by atoms with Gasteiger partial charge in [0.2, 0.25) is 5.91 Å². The van der Waals surface area contributed by atoms with Gasteiger partial charge < -0.3 is 35.3 Å². The Morgan fingerprint density at radius 1 is 1.06 bits per heavy atom. The Bertz CT molecular complexity index is 1890. The first kappa shape index (κ1) is 37.8. The van der Waals surface area contributed by atoms with Crippen molar-refractivity contribution in [3.63, 3.8) is 0 Å². The summed E-state index contributed by atoms with van der Waals surface area (Å²) in [6.45, 7) is 3.07. The van der Waals surface area contributed by atoms with Gasteiger partial charge in [-0.1, -0.05) is 11.6 Å². The fourth-order valence-electron chi connectivity index (χ4n) is 5.96. The summed E-state index contributed by atoms with van der Waals surface area (Å²) in [5, 5.41) is 18.8. The number of benzene rings is 1. The fourth-order valence-corrected chi connectivity index (χ4v) is 6.22. The first-order valence-corrected chi connectivity index (χ1v) is 16.5. The largest absolute Gasteiger partial charge is 0.495 e. The van der Waals surface area contributed by atoms with Gasteiger partial charge in [-0.2, -0.15) is 18.3 Å². The summed E-state index contributed by atoms with van der Waals surface area (Å²) in [4.78, 5) is 61.9. The molecule has 2 fully saturated rings. The SMILES string of the molecule is COc1ccc(-c2n[nH]c(C(F)(F)F)c2Cc2cnc(C(=O)Nc3ccc(C(=O)N4CCN(C(=O)C5CCNCC5)CC4)c(Cl)c3)[nH]2)nc1.O=CO. The number of ether oxygens (including phenoxy) is 1. The van der Waals surface area contributed by atoms with Crippen molar-refractivity contribution in [2.24, 2.45) is 5.92 Å². The monoisotopic (exact) mass is 745 g/mol. The minimum atomic E-state index is -4.72. The summed E-state index contributed by atoms with van der Waals surface area (Å²) in [6, 6.07) is 7.51. The van der Waals surface area contributed by atoms with Gasteiger partial charge in [-0.3, -0.25) is 29.3 Å². The molecule has 5 heterocycles. The van der Waals surface area contributed by atoms with Crippen molar-refractivity contribution in [3.05, 3.63) is 76.1 Å². The van der Waals surface area contributed by atoms with Crippen LogP contribution in [0.1, 0.15) is 50.8 Å². The smallest absolute Gasteiger partial charge is 0.433 e. The van der Waals surface area contributed by atoms with Crippen molar-refractivity contribution >= 4 is 41.5 Å². The lowest BCUT2D eigenvalue weighted by molar-refractivity contribution is -0.141. The van der Waals surface area contributed by atoms with Crippen molar-refractivity contribution in [2.75, 3.05) is 51.7 Å². The number of halogens is 4. The summed E-state index contributed by atoms with van der Waals surface area (Å²) >= 11 is 6.47. The van der Waals surface area contributed by atoms with E-state index < -0.39 is 17.8 Å². The Hall–Kier alpha value is -5.49. The third kappa shape index (κ3) is 8.86. The van der Waals surface area contributed by atoms with Gasteiger partial charge in [0.1, 0.15) is 17.1 Å². The number of alkyl halides is 3. The number of carbonyl (C=O) groups is 4. The highest BCUT2D eigenvalue weighted by Gasteiger charge is 2.38. The summed E-state index contributed by atoms with van der Waals surface area (Å²) in [7, 11) is 1.44. The van der Waals surface area contributed by atoms with Crippen molar-refractivity contribution in [3.8, 4) is 17.1 Å². The zero-order valence-corrected chi connectivity index (χ0v) is 28.6. The second kappa shape index (κ2) is 16.7. The van der Waals surface area contributed by atoms with Crippen molar-refractivity contribution in [1.82, 2.24) is 40.3 Å². The van der Waals surface area contributed by atoms with E-state index in [1.807, 2.05) is 4.90 Å². The standard InChI is InChI=1S/C32H33ClF3N9O4.CH2O2/c1-49-21-3-5-25(38-17-21)26-23(27(43-42-26)32(34,35)36)14-20-16-39-28(40-20)29(46)41-19-2-4-22(24(33)15-19)31(48)45-12-10-44(11-13-45)30(47)18-6-8-37-9-7-18;2-1-3/h2-5,15-18,37H,6-14H2,1H3,(H,39,40)(H,41,46)(H,42,43);1H,(H,2,3). The van der Waals surface area contributed by atoms with E-state index in [2.05, 4.69) is 35.8 Å². The van der Waals surface area contributed by atoms with Crippen LogP contribution in [0.5, 0.6) is 5.75 Å². The predicted molar refractivity (Wildman–Crippen MR) is 181 cm³/mol. The van der Waals surface area contributed by atoms with E-state index in [0.29, 0.717) is 31.9 Å². The van der Waals surface area contributed by atoms with Gasteiger partial charge in [0.05, 0.1) is 29.6 Å². The number of rotatable bonds is 8. The van der Waals surface area contributed by atoms with Gasteiger partial charge in [0, 0.05) is 61.7 Å². The molecule has 0 radical (unpaired) electrons. The Balaban J connectivity index is 0.00000168. The number of hydrogen-bond donors (Lipinski definition) is 5. The Morgan fingerprint density at radius 2 is 1.75 bits per heavy atom. The van der Waals surface area contributed by atoms with Gasteiger partial charge >= 0.3 is 6.18 Å². The third-order valence-corrected chi connectivity index (χ3v) is 8.91. The van der Waals surface area contributed by atoms with E-state index in [1.54, 1.807) is 11.0 Å². The summed E-state index contributed by atoms with van der Waals surface area (Å²) in [5.74, 6) is -0.518. The molecule has 19 heteroatoms. The van der Waals surface area contributed by atoms with Crippen molar-refractivity contribution < 1.29 is 42.2 Å². The van der Waals surface area contributed by atoms with E-state index in [9.17, 15) is 27.6 Å². The van der Waals surface area contributed by atoms with Crippen LogP contribution in [0.3, 0.4) is 0 Å². The van der Waals surface area contributed by atoms with Crippen LogP contribution in [-0.2, 0) is 22.2 Å². The molecular formula is C33H35ClF3N9O6. The molecule has 3 amide bonds. The number of amides is 3. The molecule has 52 heavy (non-hydrogen) atoms. The van der Waals surface area contributed by atoms with E-state index in [0.717, 1.165) is 25.9 Å². The van der Waals surface area contributed by atoms with E-state index in [-0.39, 0.29) is 75.4 Å². The highest BCUT2D eigenvalue weighted by Crippen LogP contribution is 2.36. The van der Waals surface area contributed by atoms with Gasteiger partial charge in [-0.05, 0) is 56.3 Å². The molecule has 1 aromatic carbocycles. The van der Waals surface area contributed by atoms with Crippen LogP contribution in [0.15, 0.2) is 42.7 Å². The summed E-state index contributed by atoms with van der Waals surface area (Å²) in [6.07, 6.45) is -0.736. The molecule has 15 nitrogen and oxygen atoms in total. The number of piperidine rings is 1. The van der Waals surface area contributed by atoms with Gasteiger partial charge in [-0.25, -0.2) is 4.98 Å².